The van der Waals surface area contributed by atoms with Crippen molar-refractivity contribution >= 4 is 51.5 Å². The van der Waals surface area contributed by atoms with E-state index in [0.717, 1.165) is 0 Å². The number of nitrogens with zero attached hydrogens (tertiary/aromatic N) is 1. The van der Waals surface area contributed by atoms with Crippen LogP contribution in [0.2, 0.25) is 10.0 Å². The molecule has 25 heavy (non-hydrogen) atoms. The van der Waals surface area contributed by atoms with E-state index in [2.05, 4.69) is 10.3 Å². The first-order chi connectivity index (χ1) is 12.0. The smallest absolute Gasteiger partial charge is 0.307 e. The molecule has 1 heterocycles. The average Bonchev–Trinajstić information content (AvgIpc) is 3.02. The Hall–Kier alpha value is -1.89. The van der Waals surface area contributed by atoms with E-state index in [1.54, 1.807) is 29.7 Å². The van der Waals surface area contributed by atoms with Gasteiger partial charge >= 0.3 is 5.97 Å². The number of aliphatic carboxylic acids is 1. The maximum Gasteiger partial charge on any atom is 0.307 e. The van der Waals surface area contributed by atoms with Crippen LogP contribution in [0.1, 0.15) is 12.8 Å². The summed E-state index contributed by atoms with van der Waals surface area (Å²) in [7, 11) is 0. The van der Waals surface area contributed by atoms with Gasteiger partial charge in [-0.1, -0.05) is 35.4 Å². The number of thiazole rings is 1. The van der Waals surface area contributed by atoms with Crippen molar-refractivity contribution in [1.29, 1.82) is 0 Å². The van der Waals surface area contributed by atoms with Crippen molar-refractivity contribution in [1.82, 2.24) is 4.98 Å². The summed E-state index contributed by atoms with van der Waals surface area (Å²) in [5, 5.41) is 15.2. The van der Waals surface area contributed by atoms with E-state index >= 15 is 0 Å². The highest BCUT2D eigenvalue weighted by molar-refractivity contribution is 7.14. The molecule has 2 N–H and O–H groups in total. The lowest BCUT2D eigenvalue weighted by molar-refractivity contribution is -0.146. The monoisotopic (exact) mass is 396 g/mol. The predicted octanol–water partition coefficient (Wildman–Crippen LogP) is 4.72. The molecule has 8 heteroatoms. The van der Waals surface area contributed by atoms with Gasteiger partial charge in [-0.05, 0) is 31.0 Å². The van der Waals surface area contributed by atoms with Gasteiger partial charge in [0, 0.05) is 16.0 Å². The molecule has 2 atom stereocenters. The van der Waals surface area contributed by atoms with Gasteiger partial charge in [-0.15, -0.1) is 11.3 Å². The second-order valence-electron chi connectivity index (χ2n) is 5.65. The number of allylic oxidation sites excluding steroid dienone is 2. The Labute approximate surface area is 158 Å². The minimum Gasteiger partial charge on any atom is -0.481 e. The number of benzene rings is 1. The topological polar surface area (TPSA) is 79.3 Å². The van der Waals surface area contributed by atoms with Gasteiger partial charge in [-0.3, -0.25) is 9.59 Å². The second-order valence-corrected chi connectivity index (χ2v) is 7.35. The van der Waals surface area contributed by atoms with E-state index in [-0.39, 0.29) is 5.91 Å². The fourth-order valence-corrected chi connectivity index (χ4v) is 3.95. The molecular formula is C17H14Cl2N2O3S. The second kappa shape index (κ2) is 7.56. The van der Waals surface area contributed by atoms with Gasteiger partial charge in [0.1, 0.15) is 0 Å². The van der Waals surface area contributed by atoms with E-state index in [9.17, 15) is 14.7 Å². The molecule has 2 unspecified atom stereocenters. The van der Waals surface area contributed by atoms with Crippen LogP contribution in [-0.4, -0.2) is 22.0 Å². The van der Waals surface area contributed by atoms with Crippen LogP contribution in [0.5, 0.6) is 0 Å². The molecule has 0 aliphatic heterocycles. The molecule has 130 valence electrons. The molecule has 5 nitrogen and oxygen atoms in total. The molecule has 0 saturated carbocycles. The van der Waals surface area contributed by atoms with E-state index < -0.39 is 17.8 Å². The van der Waals surface area contributed by atoms with E-state index in [0.29, 0.717) is 39.3 Å². The molecule has 0 fully saturated rings. The van der Waals surface area contributed by atoms with Gasteiger partial charge in [0.05, 0.1) is 22.6 Å². The number of aromatic nitrogens is 1. The van der Waals surface area contributed by atoms with Crippen LogP contribution in [0, 0.1) is 11.8 Å². The van der Waals surface area contributed by atoms with E-state index in [1.165, 1.54) is 11.3 Å². The Bertz CT molecular complexity index is 850. The molecule has 1 aromatic heterocycles. The molecule has 1 aromatic carbocycles. The summed E-state index contributed by atoms with van der Waals surface area (Å²) in [5.41, 5.74) is 1.34. The quantitative estimate of drug-likeness (QED) is 0.732. The van der Waals surface area contributed by atoms with Crippen LogP contribution < -0.4 is 5.32 Å². The van der Waals surface area contributed by atoms with Crippen LogP contribution in [-0.2, 0) is 9.59 Å². The van der Waals surface area contributed by atoms with Crippen LogP contribution in [0.4, 0.5) is 5.13 Å². The van der Waals surface area contributed by atoms with Gasteiger partial charge in [0.15, 0.2) is 5.13 Å². The predicted molar refractivity (Wildman–Crippen MR) is 99.2 cm³/mol. The standard InChI is InChI=1S/C17H14Cl2N2O3S/c18-9-5-6-12(13(19)7-9)14-8-25-17(20-14)21-15(22)10-3-1-2-4-11(10)16(23)24/h1-2,5-8,10-11H,3-4H2,(H,23,24)(H,20,21,22). The summed E-state index contributed by atoms with van der Waals surface area (Å²) in [6.07, 6.45) is 4.40. The van der Waals surface area contributed by atoms with E-state index in [1.807, 2.05) is 6.08 Å². The molecule has 3 rings (SSSR count). The van der Waals surface area contributed by atoms with Crippen molar-refractivity contribution in [3.05, 3.63) is 45.8 Å². The molecule has 2 aromatic rings. The third kappa shape index (κ3) is 4.03. The van der Waals surface area contributed by atoms with Crippen molar-refractivity contribution < 1.29 is 14.7 Å². The molecule has 1 aliphatic carbocycles. The van der Waals surface area contributed by atoms with Crippen molar-refractivity contribution in [2.24, 2.45) is 11.8 Å². The Balaban J connectivity index is 1.76. The highest BCUT2D eigenvalue weighted by Crippen LogP contribution is 2.33. The summed E-state index contributed by atoms with van der Waals surface area (Å²) in [6.45, 7) is 0. The molecule has 1 aliphatic rings. The van der Waals surface area contributed by atoms with Crippen LogP contribution >= 0.6 is 34.5 Å². The largest absolute Gasteiger partial charge is 0.481 e. The lowest BCUT2D eigenvalue weighted by Crippen LogP contribution is -2.34. The zero-order chi connectivity index (χ0) is 18.0. The van der Waals surface area contributed by atoms with Gasteiger partial charge in [0.25, 0.3) is 0 Å². The fraction of sp³-hybridized carbons (Fsp3) is 0.235. The summed E-state index contributed by atoms with van der Waals surface area (Å²) < 4.78 is 0. The number of carboxylic acids is 1. The number of carbonyl (C=O) groups excluding carboxylic acids is 1. The first-order valence-corrected chi connectivity index (χ1v) is 9.19. The maximum atomic E-state index is 12.5. The van der Waals surface area contributed by atoms with Crippen LogP contribution in [0.15, 0.2) is 35.7 Å². The number of amides is 1. The lowest BCUT2D eigenvalue weighted by Gasteiger charge is -2.23. The Morgan fingerprint density at radius 1 is 1.20 bits per heavy atom. The zero-order valence-corrected chi connectivity index (χ0v) is 15.2. The number of nitrogens with one attached hydrogen (secondary N) is 1. The fourth-order valence-electron chi connectivity index (χ4n) is 2.73. The SMILES string of the molecule is O=C(O)C1CC=CCC1C(=O)Nc1nc(-c2ccc(Cl)cc2Cl)cs1. The molecule has 0 spiro atoms. The normalized spacial score (nSPS) is 19.6. The number of hydrogen-bond acceptors (Lipinski definition) is 4. The molecule has 1 amide bonds. The minimum absolute atomic E-state index is 0.333. The summed E-state index contributed by atoms with van der Waals surface area (Å²) in [4.78, 5) is 28.1. The van der Waals surface area contributed by atoms with E-state index in [4.69, 9.17) is 23.2 Å². The lowest BCUT2D eigenvalue weighted by atomic mass is 9.82. The molecule has 0 saturated heterocycles. The van der Waals surface area contributed by atoms with Crippen molar-refractivity contribution in [3.8, 4) is 11.3 Å². The number of hydrogen-bond donors (Lipinski definition) is 2. The average molecular weight is 397 g/mol. The van der Waals surface area contributed by atoms with Crippen LogP contribution in [0.3, 0.4) is 0 Å². The van der Waals surface area contributed by atoms with Crippen molar-refractivity contribution in [2.45, 2.75) is 12.8 Å². The first-order valence-electron chi connectivity index (χ1n) is 7.55. The van der Waals surface area contributed by atoms with Gasteiger partial charge < -0.3 is 10.4 Å². The zero-order valence-electron chi connectivity index (χ0n) is 12.9. The number of carboxylic acid groups (broad SMARTS) is 1. The van der Waals surface area contributed by atoms with Gasteiger partial charge in [-0.2, -0.15) is 0 Å². The van der Waals surface area contributed by atoms with Crippen molar-refractivity contribution in [3.63, 3.8) is 0 Å². The van der Waals surface area contributed by atoms with Gasteiger partial charge in [-0.25, -0.2) is 4.98 Å². The number of anilines is 1. The van der Waals surface area contributed by atoms with Crippen LogP contribution in [0.25, 0.3) is 11.3 Å². The number of rotatable bonds is 4. The highest BCUT2D eigenvalue weighted by atomic mass is 35.5. The van der Waals surface area contributed by atoms with Crippen molar-refractivity contribution in [2.75, 3.05) is 5.32 Å². The Morgan fingerprint density at radius 2 is 1.92 bits per heavy atom. The first kappa shape index (κ1) is 17.9. The molecule has 0 radical (unpaired) electrons. The highest BCUT2D eigenvalue weighted by Gasteiger charge is 2.34. The number of halogens is 2. The molecule has 0 bridgehead atoms. The summed E-state index contributed by atoms with van der Waals surface area (Å²) in [6, 6.07) is 5.10. The van der Waals surface area contributed by atoms with Gasteiger partial charge in [0.2, 0.25) is 5.91 Å². The Morgan fingerprint density at radius 3 is 2.60 bits per heavy atom. The maximum absolute atomic E-state index is 12.5. The molecular weight excluding hydrogens is 383 g/mol. The third-order valence-corrected chi connectivity index (χ3v) is 5.33. The number of carbonyl (C=O) groups is 2. The summed E-state index contributed by atoms with van der Waals surface area (Å²) >= 11 is 13.3. The third-order valence-electron chi connectivity index (χ3n) is 4.03. The summed E-state index contributed by atoms with van der Waals surface area (Å²) in [5.74, 6) is -2.61. The minimum atomic E-state index is -0.961. The Kier molecular flexibility index (Phi) is 5.42.